The Morgan fingerprint density at radius 1 is 1.69 bits per heavy atom. The maximum absolute atomic E-state index is 9.34. The van der Waals surface area contributed by atoms with E-state index in [9.17, 15) is 5.11 Å². The Labute approximate surface area is 99.0 Å². The molecular weight excluding hydrogens is 226 g/mol. The maximum atomic E-state index is 9.34. The van der Waals surface area contributed by atoms with E-state index in [2.05, 4.69) is 14.7 Å². The van der Waals surface area contributed by atoms with Gasteiger partial charge >= 0.3 is 0 Å². The molecular formula is C10H17N3O2S. The minimum atomic E-state index is 0.193. The molecule has 1 aromatic rings. The smallest absolute Gasteiger partial charge is 0.202 e. The van der Waals surface area contributed by atoms with Gasteiger partial charge in [-0.05, 0) is 19.3 Å². The lowest BCUT2D eigenvalue weighted by Gasteiger charge is -2.19. The van der Waals surface area contributed by atoms with Crippen molar-refractivity contribution in [3.63, 3.8) is 0 Å². The minimum Gasteiger partial charge on any atom is -0.396 e. The summed E-state index contributed by atoms with van der Waals surface area (Å²) in [6, 6.07) is 0. The van der Waals surface area contributed by atoms with Crippen molar-refractivity contribution in [3.05, 3.63) is 5.82 Å². The largest absolute Gasteiger partial charge is 0.396 e. The molecule has 0 saturated carbocycles. The van der Waals surface area contributed by atoms with Crippen molar-refractivity contribution in [1.82, 2.24) is 9.36 Å². The normalized spacial score (nSPS) is 22.2. The van der Waals surface area contributed by atoms with E-state index in [0.29, 0.717) is 5.92 Å². The molecule has 1 aromatic heterocycles. The highest BCUT2D eigenvalue weighted by molar-refractivity contribution is 7.09. The summed E-state index contributed by atoms with van der Waals surface area (Å²) in [7, 11) is 0. The lowest BCUT2D eigenvalue weighted by atomic mass is 9.92. The second-order valence-corrected chi connectivity index (χ2v) is 4.85. The summed E-state index contributed by atoms with van der Waals surface area (Å²) in [6.07, 6.45) is 1.04. The quantitative estimate of drug-likeness (QED) is 0.804. The van der Waals surface area contributed by atoms with Gasteiger partial charge < -0.3 is 15.2 Å². The second kappa shape index (κ2) is 5.56. The van der Waals surface area contributed by atoms with Gasteiger partial charge in [0, 0.05) is 43.8 Å². The first-order valence-corrected chi connectivity index (χ1v) is 6.29. The molecule has 2 atom stereocenters. The fourth-order valence-corrected chi connectivity index (χ4v) is 2.47. The van der Waals surface area contributed by atoms with E-state index in [1.165, 1.54) is 11.5 Å². The summed E-state index contributed by atoms with van der Waals surface area (Å²) in [5, 5.41) is 13.4. The van der Waals surface area contributed by atoms with Crippen LogP contribution in [0.1, 0.15) is 12.2 Å². The molecule has 0 radical (unpaired) electrons. The Morgan fingerprint density at radius 3 is 3.12 bits per heavy atom. The molecule has 0 bridgehead atoms. The van der Waals surface area contributed by atoms with Gasteiger partial charge in [-0.2, -0.15) is 4.37 Å². The molecule has 1 saturated heterocycles. The number of aromatic nitrogens is 2. The third-order valence-electron chi connectivity index (χ3n) is 2.91. The standard InChI is InChI=1S/C10H17N3O2S/c1-7-12-10(16-13-7)11-4-9(5-14)8-2-3-15-6-8/h8-9,14H,2-6H2,1H3,(H,11,12,13)/t8-,9+/m0/s1. The molecule has 16 heavy (non-hydrogen) atoms. The van der Waals surface area contributed by atoms with Crippen molar-refractivity contribution in [2.75, 3.05) is 31.7 Å². The predicted octanol–water partition coefficient (Wildman–Crippen LogP) is 0.903. The third kappa shape index (κ3) is 2.90. The Balaban J connectivity index is 1.82. The van der Waals surface area contributed by atoms with E-state index in [4.69, 9.17) is 4.74 Å². The first kappa shape index (κ1) is 11.8. The van der Waals surface area contributed by atoms with Gasteiger partial charge in [0.05, 0.1) is 0 Å². The van der Waals surface area contributed by atoms with Crippen LogP contribution in [0, 0.1) is 18.8 Å². The van der Waals surface area contributed by atoms with Gasteiger partial charge in [0.1, 0.15) is 5.82 Å². The Morgan fingerprint density at radius 2 is 2.56 bits per heavy atom. The van der Waals surface area contributed by atoms with E-state index < -0.39 is 0 Å². The van der Waals surface area contributed by atoms with Gasteiger partial charge in [-0.25, -0.2) is 4.98 Å². The van der Waals surface area contributed by atoms with E-state index in [-0.39, 0.29) is 12.5 Å². The molecule has 1 aliphatic rings. The van der Waals surface area contributed by atoms with Crippen molar-refractivity contribution in [2.24, 2.45) is 11.8 Å². The second-order valence-electron chi connectivity index (χ2n) is 4.09. The molecule has 6 heteroatoms. The summed E-state index contributed by atoms with van der Waals surface area (Å²) in [5.41, 5.74) is 0. The summed E-state index contributed by atoms with van der Waals surface area (Å²) in [4.78, 5) is 4.23. The van der Waals surface area contributed by atoms with Crippen LogP contribution < -0.4 is 5.32 Å². The zero-order chi connectivity index (χ0) is 11.4. The highest BCUT2D eigenvalue weighted by Crippen LogP contribution is 2.22. The van der Waals surface area contributed by atoms with E-state index in [1.54, 1.807) is 0 Å². The average molecular weight is 243 g/mol. The number of anilines is 1. The number of rotatable bonds is 5. The number of ether oxygens (including phenoxy) is 1. The van der Waals surface area contributed by atoms with Crippen molar-refractivity contribution >= 4 is 16.7 Å². The molecule has 1 aliphatic heterocycles. The topological polar surface area (TPSA) is 67.3 Å². The number of nitrogens with one attached hydrogen (secondary N) is 1. The van der Waals surface area contributed by atoms with Gasteiger partial charge in [-0.15, -0.1) is 0 Å². The number of nitrogens with zero attached hydrogens (tertiary/aromatic N) is 2. The van der Waals surface area contributed by atoms with Gasteiger partial charge in [0.25, 0.3) is 0 Å². The first-order chi connectivity index (χ1) is 7.79. The lowest BCUT2D eigenvalue weighted by Crippen LogP contribution is -2.26. The molecule has 5 nitrogen and oxygen atoms in total. The zero-order valence-corrected chi connectivity index (χ0v) is 10.2. The van der Waals surface area contributed by atoms with Gasteiger partial charge in [0.15, 0.2) is 0 Å². The molecule has 2 rings (SSSR count). The van der Waals surface area contributed by atoms with Crippen molar-refractivity contribution in [2.45, 2.75) is 13.3 Å². The van der Waals surface area contributed by atoms with Crippen LogP contribution in [0.3, 0.4) is 0 Å². The van der Waals surface area contributed by atoms with E-state index in [0.717, 1.165) is 37.1 Å². The molecule has 0 spiro atoms. The minimum absolute atomic E-state index is 0.193. The Hall–Kier alpha value is -0.720. The molecule has 0 amide bonds. The zero-order valence-electron chi connectivity index (χ0n) is 9.35. The monoisotopic (exact) mass is 243 g/mol. The number of aliphatic hydroxyl groups is 1. The van der Waals surface area contributed by atoms with Crippen LogP contribution in [0.2, 0.25) is 0 Å². The van der Waals surface area contributed by atoms with Gasteiger partial charge in [-0.3, -0.25) is 0 Å². The molecule has 0 unspecified atom stereocenters. The van der Waals surface area contributed by atoms with Gasteiger partial charge in [0.2, 0.25) is 5.13 Å². The van der Waals surface area contributed by atoms with Crippen LogP contribution in [0.5, 0.6) is 0 Å². The fourth-order valence-electron chi connectivity index (χ4n) is 1.89. The van der Waals surface area contributed by atoms with E-state index in [1.807, 2.05) is 6.92 Å². The van der Waals surface area contributed by atoms with Crippen molar-refractivity contribution in [3.8, 4) is 0 Å². The van der Waals surface area contributed by atoms with Crippen LogP contribution in [0.4, 0.5) is 5.13 Å². The highest BCUT2D eigenvalue weighted by atomic mass is 32.1. The Kier molecular flexibility index (Phi) is 4.09. The number of aliphatic hydroxyl groups excluding tert-OH is 1. The molecule has 90 valence electrons. The van der Waals surface area contributed by atoms with E-state index >= 15 is 0 Å². The molecule has 0 aromatic carbocycles. The van der Waals surface area contributed by atoms with Crippen LogP contribution >= 0.6 is 11.5 Å². The Bertz CT molecular complexity index is 326. The highest BCUT2D eigenvalue weighted by Gasteiger charge is 2.25. The summed E-state index contributed by atoms with van der Waals surface area (Å²) < 4.78 is 9.43. The molecule has 1 fully saturated rings. The number of aryl methyl sites for hydroxylation is 1. The molecule has 2 N–H and O–H groups in total. The summed E-state index contributed by atoms with van der Waals surface area (Å²) in [5.74, 6) is 1.50. The molecule has 0 aliphatic carbocycles. The fraction of sp³-hybridized carbons (Fsp3) is 0.800. The van der Waals surface area contributed by atoms with Crippen molar-refractivity contribution in [1.29, 1.82) is 0 Å². The van der Waals surface area contributed by atoms with Crippen LogP contribution in [0.15, 0.2) is 0 Å². The average Bonchev–Trinajstić information content (AvgIpc) is 2.91. The molecule has 2 heterocycles. The third-order valence-corrected chi connectivity index (χ3v) is 3.67. The lowest BCUT2D eigenvalue weighted by molar-refractivity contribution is 0.145. The SMILES string of the molecule is Cc1nsc(NC[C@H](CO)[C@H]2CCOC2)n1. The van der Waals surface area contributed by atoms with Crippen LogP contribution in [0.25, 0.3) is 0 Å². The summed E-state index contributed by atoms with van der Waals surface area (Å²) >= 11 is 1.36. The van der Waals surface area contributed by atoms with Crippen LogP contribution in [-0.4, -0.2) is 40.8 Å². The number of hydrogen-bond donors (Lipinski definition) is 2. The number of hydrogen-bond acceptors (Lipinski definition) is 6. The van der Waals surface area contributed by atoms with Crippen molar-refractivity contribution < 1.29 is 9.84 Å². The maximum Gasteiger partial charge on any atom is 0.202 e. The predicted molar refractivity (Wildman–Crippen MR) is 62.6 cm³/mol. The first-order valence-electron chi connectivity index (χ1n) is 5.52. The van der Waals surface area contributed by atoms with Gasteiger partial charge in [-0.1, -0.05) is 0 Å². The summed E-state index contributed by atoms with van der Waals surface area (Å²) in [6.45, 7) is 4.38. The van der Waals surface area contributed by atoms with Crippen LogP contribution in [-0.2, 0) is 4.74 Å².